The minimum atomic E-state index is -4.59. The molecule has 0 aliphatic rings. The topological polar surface area (TPSA) is 57.6 Å². The van der Waals surface area contributed by atoms with Gasteiger partial charge in [-0.05, 0) is 6.92 Å². The van der Waals surface area contributed by atoms with E-state index in [1.165, 1.54) is 0 Å². The summed E-state index contributed by atoms with van der Waals surface area (Å²) in [6, 6.07) is -1.48. The molecule has 0 aromatic heterocycles. The fourth-order valence-electron chi connectivity index (χ4n) is 0.847. The number of halogens is 3. The number of hydrogen-bond donors (Lipinski definition) is 1. The molecule has 1 N–H and O–H groups in total. The van der Waals surface area contributed by atoms with Crippen molar-refractivity contribution in [2.75, 3.05) is 6.54 Å². The van der Waals surface area contributed by atoms with E-state index >= 15 is 0 Å². The van der Waals surface area contributed by atoms with Gasteiger partial charge in [-0.25, -0.2) is 4.79 Å². The first-order valence-electron chi connectivity index (χ1n) is 3.72. The Hall–Kier alpha value is -1.27. The van der Waals surface area contributed by atoms with Gasteiger partial charge in [0.05, 0.1) is 0 Å². The van der Waals surface area contributed by atoms with Crippen molar-refractivity contribution in [3.63, 3.8) is 0 Å². The summed E-state index contributed by atoms with van der Waals surface area (Å²) < 4.78 is 35.7. The number of carboxylic acid groups (broad SMARTS) is 1. The zero-order valence-corrected chi connectivity index (χ0v) is 7.63. The Bertz CT molecular complexity index is 239. The van der Waals surface area contributed by atoms with Crippen LogP contribution in [0.15, 0.2) is 0 Å². The molecule has 1 amide bonds. The van der Waals surface area contributed by atoms with Gasteiger partial charge in [-0.3, -0.25) is 4.79 Å². The molecule has 82 valence electrons. The minimum Gasteiger partial charge on any atom is -0.480 e. The molecule has 0 heterocycles. The molecule has 0 radical (unpaired) electrons. The van der Waals surface area contributed by atoms with Crippen LogP contribution < -0.4 is 0 Å². The molecule has 1 atom stereocenters. The maximum absolute atomic E-state index is 11.9. The number of alkyl halides is 3. The Balaban J connectivity index is 4.62. The van der Waals surface area contributed by atoms with E-state index in [4.69, 9.17) is 5.11 Å². The Kier molecular flexibility index (Phi) is 3.91. The maximum Gasteiger partial charge on any atom is 0.406 e. The van der Waals surface area contributed by atoms with Crippen molar-refractivity contribution < 1.29 is 27.9 Å². The SMILES string of the molecule is CC(=O)N(CC(F)(F)F)C(C)C(=O)O. The van der Waals surface area contributed by atoms with Crippen LogP contribution in [0.25, 0.3) is 0 Å². The summed E-state index contributed by atoms with van der Waals surface area (Å²) >= 11 is 0. The average molecular weight is 213 g/mol. The highest BCUT2D eigenvalue weighted by molar-refractivity contribution is 5.81. The summed E-state index contributed by atoms with van der Waals surface area (Å²) in [5.74, 6) is -2.39. The lowest BCUT2D eigenvalue weighted by Gasteiger charge is -2.25. The van der Waals surface area contributed by atoms with Crippen LogP contribution in [0.4, 0.5) is 13.2 Å². The molecule has 0 spiro atoms. The van der Waals surface area contributed by atoms with Crippen molar-refractivity contribution in [3.8, 4) is 0 Å². The molecule has 0 bridgehead atoms. The van der Waals surface area contributed by atoms with E-state index in [-0.39, 0.29) is 4.90 Å². The van der Waals surface area contributed by atoms with Gasteiger partial charge in [0, 0.05) is 6.92 Å². The summed E-state index contributed by atoms with van der Waals surface area (Å²) in [4.78, 5) is 21.4. The third-order valence-electron chi connectivity index (χ3n) is 1.58. The summed E-state index contributed by atoms with van der Waals surface area (Å²) in [7, 11) is 0. The molecule has 0 saturated heterocycles. The third kappa shape index (κ3) is 4.11. The van der Waals surface area contributed by atoms with E-state index in [1.54, 1.807) is 0 Å². The number of nitrogens with zero attached hydrogens (tertiary/aromatic N) is 1. The van der Waals surface area contributed by atoms with Crippen molar-refractivity contribution >= 4 is 11.9 Å². The summed E-state index contributed by atoms with van der Waals surface area (Å²) in [6.45, 7) is 0.371. The van der Waals surface area contributed by atoms with Gasteiger partial charge in [0.25, 0.3) is 0 Å². The fraction of sp³-hybridized carbons (Fsp3) is 0.714. The molecule has 0 fully saturated rings. The highest BCUT2D eigenvalue weighted by Gasteiger charge is 2.35. The van der Waals surface area contributed by atoms with Crippen molar-refractivity contribution in [1.29, 1.82) is 0 Å². The van der Waals surface area contributed by atoms with E-state index in [0.717, 1.165) is 13.8 Å². The van der Waals surface area contributed by atoms with Gasteiger partial charge in [-0.15, -0.1) is 0 Å². The van der Waals surface area contributed by atoms with E-state index < -0.39 is 30.6 Å². The highest BCUT2D eigenvalue weighted by Crippen LogP contribution is 2.18. The van der Waals surface area contributed by atoms with Gasteiger partial charge >= 0.3 is 12.1 Å². The number of hydrogen-bond acceptors (Lipinski definition) is 2. The van der Waals surface area contributed by atoms with Crippen molar-refractivity contribution in [3.05, 3.63) is 0 Å². The van der Waals surface area contributed by atoms with Crippen molar-refractivity contribution in [2.45, 2.75) is 26.1 Å². The van der Waals surface area contributed by atoms with Crippen LogP contribution in [-0.4, -0.2) is 40.6 Å². The minimum absolute atomic E-state index is 0.252. The molecule has 0 aromatic carbocycles. The molecular formula is C7H10F3NO3. The third-order valence-corrected chi connectivity index (χ3v) is 1.58. The molecule has 0 aliphatic carbocycles. The van der Waals surface area contributed by atoms with Gasteiger partial charge in [-0.1, -0.05) is 0 Å². The lowest BCUT2D eigenvalue weighted by atomic mass is 10.3. The predicted octanol–water partition coefficient (Wildman–Crippen LogP) is 0.870. The Morgan fingerprint density at radius 3 is 2.07 bits per heavy atom. The number of rotatable bonds is 3. The second-order valence-electron chi connectivity index (χ2n) is 2.78. The van der Waals surface area contributed by atoms with Crippen LogP contribution >= 0.6 is 0 Å². The molecule has 0 aromatic rings. The molecule has 1 unspecified atom stereocenters. The summed E-state index contributed by atoms with van der Waals surface area (Å²) in [5, 5.41) is 8.44. The fourth-order valence-corrected chi connectivity index (χ4v) is 0.847. The number of carbonyl (C=O) groups is 2. The molecule has 7 heteroatoms. The van der Waals surface area contributed by atoms with Crippen molar-refractivity contribution in [1.82, 2.24) is 4.90 Å². The zero-order chi connectivity index (χ0) is 11.5. The average Bonchev–Trinajstić information content (AvgIpc) is 1.96. The molecule has 0 rings (SSSR count). The number of carbonyl (C=O) groups excluding carboxylic acids is 1. The standard InChI is InChI=1S/C7H10F3NO3/c1-4(6(13)14)11(5(2)12)3-7(8,9)10/h4H,3H2,1-2H3,(H,13,14). The Morgan fingerprint density at radius 1 is 1.43 bits per heavy atom. The van der Waals surface area contributed by atoms with Crippen LogP contribution in [0, 0.1) is 0 Å². The van der Waals surface area contributed by atoms with Gasteiger partial charge in [0.1, 0.15) is 12.6 Å². The molecule has 14 heavy (non-hydrogen) atoms. The number of aliphatic carboxylic acids is 1. The van der Waals surface area contributed by atoms with Crippen LogP contribution in [0.2, 0.25) is 0 Å². The zero-order valence-electron chi connectivity index (χ0n) is 7.63. The van der Waals surface area contributed by atoms with Crippen molar-refractivity contribution in [2.24, 2.45) is 0 Å². The summed E-state index contributed by atoms with van der Waals surface area (Å²) in [5.41, 5.74) is 0. The predicted molar refractivity (Wildman–Crippen MR) is 40.5 cm³/mol. The first-order valence-corrected chi connectivity index (χ1v) is 3.72. The first-order chi connectivity index (χ1) is 6.15. The van der Waals surface area contributed by atoms with Gasteiger partial charge in [0.15, 0.2) is 0 Å². The first kappa shape index (κ1) is 12.7. The van der Waals surface area contributed by atoms with Gasteiger partial charge in [0.2, 0.25) is 5.91 Å². The maximum atomic E-state index is 11.9. The number of carboxylic acids is 1. The monoisotopic (exact) mass is 213 g/mol. The largest absolute Gasteiger partial charge is 0.480 e. The molecular weight excluding hydrogens is 203 g/mol. The van der Waals surface area contributed by atoms with E-state index in [9.17, 15) is 22.8 Å². The van der Waals surface area contributed by atoms with Gasteiger partial charge in [-0.2, -0.15) is 13.2 Å². The quantitative estimate of drug-likeness (QED) is 0.756. The Morgan fingerprint density at radius 2 is 1.86 bits per heavy atom. The molecule has 0 saturated carbocycles. The smallest absolute Gasteiger partial charge is 0.406 e. The molecule has 4 nitrogen and oxygen atoms in total. The van der Waals surface area contributed by atoms with E-state index in [2.05, 4.69) is 0 Å². The normalized spacial score (nSPS) is 13.5. The second kappa shape index (κ2) is 4.30. The Labute approximate surface area is 78.3 Å². The molecule has 0 aliphatic heterocycles. The summed E-state index contributed by atoms with van der Waals surface area (Å²) in [6.07, 6.45) is -4.59. The van der Waals surface area contributed by atoms with E-state index in [0.29, 0.717) is 0 Å². The lowest BCUT2D eigenvalue weighted by Crippen LogP contribution is -2.46. The van der Waals surface area contributed by atoms with Crippen LogP contribution in [0.3, 0.4) is 0 Å². The second-order valence-corrected chi connectivity index (χ2v) is 2.78. The highest BCUT2D eigenvalue weighted by atomic mass is 19.4. The van der Waals surface area contributed by atoms with Crippen LogP contribution in [0.5, 0.6) is 0 Å². The lowest BCUT2D eigenvalue weighted by molar-refractivity contribution is -0.170. The van der Waals surface area contributed by atoms with E-state index in [1.807, 2.05) is 0 Å². The van der Waals surface area contributed by atoms with Crippen LogP contribution in [0.1, 0.15) is 13.8 Å². The van der Waals surface area contributed by atoms with Crippen LogP contribution in [-0.2, 0) is 9.59 Å². The van der Waals surface area contributed by atoms with Gasteiger partial charge < -0.3 is 10.0 Å². The number of amides is 1.